The molecule has 0 aliphatic rings. The largest absolute Gasteiger partial charge is 0.493 e. The number of hydrogen-bond donors (Lipinski definition) is 1. The fourth-order valence-electron chi connectivity index (χ4n) is 2.13. The number of carbonyl (C=O) groups is 1. The predicted octanol–water partition coefficient (Wildman–Crippen LogP) is 3.56. The van der Waals surface area contributed by atoms with Gasteiger partial charge in [0, 0.05) is 12.1 Å². The summed E-state index contributed by atoms with van der Waals surface area (Å²) in [5.74, 6) is 0.345. The first kappa shape index (κ1) is 17.5. The van der Waals surface area contributed by atoms with Crippen LogP contribution in [-0.4, -0.2) is 19.6 Å². The number of benzene rings is 2. The van der Waals surface area contributed by atoms with Gasteiger partial charge in [0.1, 0.15) is 5.82 Å². The molecular weight excluding hydrogens is 309 g/mol. The van der Waals surface area contributed by atoms with Gasteiger partial charge in [0.2, 0.25) is 0 Å². The van der Waals surface area contributed by atoms with Crippen molar-refractivity contribution >= 4 is 12.0 Å². The summed E-state index contributed by atoms with van der Waals surface area (Å²) in [6.45, 7) is 1.87. The summed E-state index contributed by atoms with van der Waals surface area (Å²) in [7, 11) is 1.54. The molecule has 0 heterocycles. The Balaban J connectivity index is 1.90. The van der Waals surface area contributed by atoms with E-state index in [1.165, 1.54) is 6.07 Å². The van der Waals surface area contributed by atoms with Crippen LogP contribution in [0.2, 0.25) is 0 Å². The second kappa shape index (κ2) is 8.72. The minimum absolute atomic E-state index is 0.117. The van der Waals surface area contributed by atoms with Crippen molar-refractivity contribution in [2.24, 2.45) is 0 Å². The molecule has 24 heavy (non-hydrogen) atoms. The molecule has 1 N–H and O–H groups in total. The van der Waals surface area contributed by atoms with Crippen molar-refractivity contribution in [3.8, 4) is 11.5 Å². The highest BCUT2D eigenvalue weighted by molar-refractivity contribution is 5.77. The third kappa shape index (κ3) is 4.84. The summed E-state index contributed by atoms with van der Waals surface area (Å²) in [5.41, 5.74) is 1.41. The Labute approximate surface area is 140 Å². The number of hydrogen-bond acceptors (Lipinski definition) is 3. The monoisotopic (exact) mass is 329 g/mol. The topological polar surface area (TPSA) is 47.6 Å². The van der Waals surface area contributed by atoms with Crippen LogP contribution in [0.25, 0.3) is 6.08 Å². The average molecular weight is 329 g/mol. The van der Waals surface area contributed by atoms with Gasteiger partial charge in [0.05, 0.1) is 7.11 Å². The number of carbonyl (C=O) groups excluding carboxylic acids is 1. The number of amides is 1. The van der Waals surface area contributed by atoms with Gasteiger partial charge < -0.3 is 14.8 Å². The van der Waals surface area contributed by atoms with Gasteiger partial charge in [-0.05, 0) is 30.7 Å². The molecule has 5 heteroatoms. The molecule has 0 bridgehead atoms. The Bertz CT molecular complexity index is 728. The quantitative estimate of drug-likeness (QED) is 0.845. The molecule has 2 rings (SSSR count). The lowest BCUT2D eigenvalue weighted by atomic mass is 10.2. The molecule has 2 aromatic rings. The lowest BCUT2D eigenvalue weighted by Gasteiger charge is -2.11. The molecule has 0 aromatic heterocycles. The fourth-order valence-corrected chi connectivity index (χ4v) is 2.13. The lowest BCUT2D eigenvalue weighted by molar-refractivity contribution is -0.123. The predicted molar refractivity (Wildman–Crippen MR) is 91.4 cm³/mol. The van der Waals surface area contributed by atoms with Gasteiger partial charge in [0.25, 0.3) is 5.91 Å². The SMILES string of the molecule is CC=Cc1ccc(OCC(=O)NCc2ccccc2F)c(OC)c1. The first-order chi connectivity index (χ1) is 11.6. The molecule has 0 spiro atoms. The van der Waals surface area contributed by atoms with Crippen molar-refractivity contribution in [1.29, 1.82) is 0 Å². The molecular formula is C19H20FNO3. The van der Waals surface area contributed by atoms with E-state index in [-0.39, 0.29) is 24.9 Å². The molecule has 0 saturated carbocycles. The summed E-state index contributed by atoms with van der Waals surface area (Å²) in [4.78, 5) is 11.9. The van der Waals surface area contributed by atoms with Gasteiger partial charge in [-0.1, -0.05) is 36.4 Å². The highest BCUT2D eigenvalue weighted by Gasteiger charge is 2.09. The van der Waals surface area contributed by atoms with E-state index in [1.54, 1.807) is 31.4 Å². The second-order valence-corrected chi connectivity index (χ2v) is 5.07. The zero-order valence-corrected chi connectivity index (χ0v) is 13.7. The molecule has 0 atom stereocenters. The van der Waals surface area contributed by atoms with Gasteiger partial charge in [-0.15, -0.1) is 0 Å². The van der Waals surface area contributed by atoms with Crippen molar-refractivity contribution in [2.45, 2.75) is 13.5 Å². The van der Waals surface area contributed by atoms with Crippen LogP contribution in [0.1, 0.15) is 18.1 Å². The van der Waals surface area contributed by atoms with E-state index < -0.39 is 0 Å². The third-order valence-electron chi connectivity index (χ3n) is 3.34. The normalized spacial score (nSPS) is 10.6. The second-order valence-electron chi connectivity index (χ2n) is 5.07. The molecule has 0 radical (unpaired) electrons. The number of nitrogens with one attached hydrogen (secondary N) is 1. The maximum absolute atomic E-state index is 13.5. The zero-order valence-electron chi connectivity index (χ0n) is 13.7. The van der Waals surface area contributed by atoms with Crippen LogP contribution in [0.5, 0.6) is 11.5 Å². The molecule has 126 valence electrons. The van der Waals surface area contributed by atoms with Crippen LogP contribution < -0.4 is 14.8 Å². The molecule has 0 fully saturated rings. The number of methoxy groups -OCH3 is 1. The first-order valence-corrected chi connectivity index (χ1v) is 7.57. The zero-order chi connectivity index (χ0) is 17.4. The lowest BCUT2D eigenvalue weighted by Crippen LogP contribution is -2.28. The Morgan fingerprint density at radius 3 is 2.71 bits per heavy atom. The van der Waals surface area contributed by atoms with Gasteiger partial charge in [-0.25, -0.2) is 4.39 Å². The van der Waals surface area contributed by atoms with E-state index >= 15 is 0 Å². The average Bonchev–Trinajstić information content (AvgIpc) is 2.60. The van der Waals surface area contributed by atoms with Crippen molar-refractivity contribution in [3.05, 3.63) is 65.5 Å². The van der Waals surface area contributed by atoms with Gasteiger partial charge in [-0.3, -0.25) is 4.79 Å². The number of ether oxygens (including phenoxy) is 2. The van der Waals surface area contributed by atoms with E-state index in [2.05, 4.69) is 5.32 Å². The number of halogens is 1. The molecule has 0 unspecified atom stereocenters. The molecule has 0 aliphatic heterocycles. The summed E-state index contributed by atoms with van der Waals surface area (Å²) >= 11 is 0. The van der Waals surface area contributed by atoms with Crippen LogP contribution >= 0.6 is 0 Å². The van der Waals surface area contributed by atoms with Crippen molar-refractivity contribution in [1.82, 2.24) is 5.32 Å². The Morgan fingerprint density at radius 1 is 1.21 bits per heavy atom. The van der Waals surface area contributed by atoms with E-state index in [4.69, 9.17) is 9.47 Å². The first-order valence-electron chi connectivity index (χ1n) is 7.57. The summed E-state index contributed by atoms with van der Waals surface area (Å²) in [6, 6.07) is 11.8. The maximum Gasteiger partial charge on any atom is 0.258 e. The maximum atomic E-state index is 13.5. The standard InChI is InChI=1S/C19H20FNO3/c1-3-6-14-9-10-17(18(11-14)23-2)24-13-19(22)21-12-15-7-4-5-8-16(15)20/h3-11H,12-13H2,1-2H3,(H,21,22). The Hall–Kier alpha value is -2.82. The van der Waals surface area contributed by atoms with Crippen molar-refractivity contribution in [2.75, 3.05) is 13.7 Å². The molecule has 1 amide bonds. The minimum atomic E-state index is -0.347. The van der Waals surface area contributed by atoms with Crippen molar-refractivity contribution in [3.63, 3.8) is 0 Å². The van der Waals surface area contributed by atoms with Crippen LogP contribution in [0.3, 0.4) is 0 Å². The number of rotatable bonds is 7. The third-order valence-corrected chi connectivity index (χ3v) is 3.34. The highest BCUT2D eigenvalue weighted by atomic mass is 19.1. The summed E-state index contributed by atoms with van der Waals surface area (Å²) in [5, 5.41) is 2.62. The smallest absolute Gasteiger partial charge is 0.258 e. The minimum Gasteiger partial charge on any atom is -0.493 e. The number of allylic oxidation sites excluding steroid dienone is 1. The van der Waals surface area contributed by atoms with Gasteiger partial charge in [-0.2, -0.15) is 0 Å². The van der Waals surface area contributed by atoms with Crippen LogP contribution in [-0.2, 0) is 11.3 Å². The Kier molecular flexibility index (Phi) is 6.37. The van der Waals surface area contributed by atoms with Gasteiger partial charge >= 0.3 is 0 Å². The molecule has 2 aromatic carbocycles. The van der Waals surface area contributed by atoms with Crippen LogP contribution in [0.15, 0.2) is 48.5 Å². The van der Waals surface area contributed by atoms with Crippen molar-refractivity contribution < 1.29 is 18.7 Å². The van der Waals surface area contributed by atoms with Gasteiger partial charge in [0.15, 0.2) is 18.1 Å². The highest BCUT2D eigenvalue weighted by Crippen LogP contribution is 2.28. The van der Waals surface area contributed by atoms with Crippen LogP contribution in [0, 0.1) is 5.82 Å². The van der Waals surface area contributed by atoms with E-state index in [0.717, 1.165) is 5.56 Å². The summed E-state index contributed by atoms with van der Waals surface area (Å²) < 4.78 is 24.2. The molecule has 0 saturated heterocycles. The Morgan fingerprint density at radius 2 is 2.00 bits per heavy atom. The van der Waals surface area contributed by atoms with E-state index in [1.807, 2.05) is 31.2 Å². The van der Waals surface area contributed by atoms with E-state index in [0.29, 0.717) is 17.1 Å². The summed E-state index contributed by atoms with van der Waals surface area (Å²) in [6.07, 6.45) is 3.86. The molecule has 4 nitrogen and oxygen atoms in total. The molecule has 0 aliphatic carbocycles. The fraction of sp³-hybridized carbons (Fsp3) is 0.211. The van der Waals surface area contributed by atoms with E-state index in [9.17, 15) is 9.18 Å². The van der Waals surface area contributed by atoms with Crippen LogP contribution in [0.4, 0.5) is 4.39 Å².